The predicted octanol–water partition coefficient (Wildman–Crippen LogP) is 3.54. The number of Topliss-reactive ketones (excluding diaryl/α,β-unsaturated/α-hetero) is 1. The summed E-state index contributed by atoms with van der Waals surface area (Å²) in [6.07, 6.45) is 1.71. The van der Waals surface area contributed by atoms with Crippen LogP contribution in [0.25, 0.3) is 11.1 Å². The van der Waals surface area contributed by atoms with E-state index < -0.39 is 33.3 Å². The van der Waals surface area contributed by atoms with Gasteiger partial charge < -0.3 is 14.7 Å². The second-order valence-electron chi connectivity index (χ2n) is 9.83. The molecule has 1 spiro atoms. The van der Waals surface area contributed by atoms with E-state index in [1.807, 2.05) is 0 Å². The Morgan fingerprint density at radius 1 is 1.13 bits per heavy atom. The Morgan fingerprint density at radius 2 is 1.82 bits per heavy atom. The predicted molar refractivity (Wildman–Crippen MR) is 139 cm³/mol. The number of ether oxygens (including phenoxy) is 1. The smallest absolute Gasteiger partial charge is 0.322 e. The van der Waals surface area contributed by atoms with Crippen LogP contribution in [-0.4, -0.2) is 67.0 Å². The number of carbonyl (C=O) groups is 4. The standard InChI is InChI=1S/C27H28ClNO8S/c1-16-13-20(17-5-3-6-18(14-17)38(2,35)36)21(28)15-19(16)24-25(33)27(37-26(24)34)9-11-29(12-10-27)22(30)7-4-8-23(31)32/h3,5-6,13-15,24H,4,7-12H2,1-2H3,(H,31,32). The number of piperidine rings is 1. The number of amides is 1. The number of carbonyl (C=O) groups excluding carboxylic acids is 3. The zero-order chi connectivity index (χ0) is 27.8. The fraction of sp³-hybridized carbons (Fsp3) is 0.407. The third-order valence-corrected chi connectivity index (χ3v) is 8.61. The largest absolute Gasteiger partial charge is 0.481 e. The molecule has 1 unspecified atom stereocenters. The maximum atomic E-state index is 13.6. The lowest BCUT2D eigenvalue weighted by Gasteiger charge is -2.37. The fourth-order valence-corrected chi connectivity index (χ4v) is 6.03. The molecule has 38 heavy (non-hydrogen) atoms. The first-order chi connectivity index (χ1) is 17.8. The summed E-state index contributed by atoms with van der Waals surface area (Å²) in [4.78, 5) is 51.4. The molecule has 0 aromatic heterocycles. The Kier molecular flexibility index (Phi) is 7.67. The van der Waals surface area contributed by atoms with Gasteiger partial charge in [-0.1, -0.05) is 23.7 Å². The van der Waals surface area contributed by atoms with E-state index in [1.165, 1.54) is 12.1 Å². The van der Waals surface area contributed by atoms with E-state index in [-0.39, 0.29) is 66.8 Å². The number of aryl methyl sites for hydroxylation is 1. The highest BCUT2D eigenvalue weighted by Crippen LogP contribution is 2.43. The monoisotopic (exact) mass is 561 g/mol. The average Bonchev–Trinajstić information content (AvgIpc) is 3.08. The number of carboxylic acids is 1. The zero-order valence-electron chi connectivity index (χ0n) is 21.0. The molecule has 9 nitrogen and oxygen atoms in total. The number of likely N-dealkylation sites (tertiary alicyclic amines) is 1. The number of carboxylic acid groups (broad SMARTS) is 1. The first kappa shape index (κ1) is 27.8. The third-order valence-electron chi connectivity index (χ3n) is 7.19. The molecule has 11 heteroatoms. The minimum absolute atomic E-state index is 0.0921. The number of aliphatic carboxylic acids is 1. The lowest BCUT2D eigenvalue weighted by Crippen LogP contribution is -2.50. The van der Waals surface area contributed by atoms with Gasteiger partial charge in [-0.15, -0.1) is 0 Å². The van der Waals surface area contributed by atoms with E-state index >= 15 is 0 Å². The maximum absolute atomic E-state index is 13.6. The molecule has 2 aromatic rings. The van der Waals surface area contributed by atoms with Crippen molar-refractivity contribution in [3.63, 3.8) is 0 Å². The van der Waals surface area contributed by atoms with Crippen molar-refractivity contribution >= 4 is 45.1 Å². The molecule has 2 aliphatic rings. The van der Waals surface area contributed by atoms with Crippen LogP contribution in [-0.2, 0) is 33.8 Å². The highest BCUT2D eigenvalue weighted by Gasteiger charge is 2.57. The van der Waals surface area contributed by atoms with E-state index in [0.29, 0.717) is 22.3 Å². The summed E-state index contributed by atoms with van der Waals surface area (Å²) in [5, 5.41) is 9.02. The molecule has 1 amide bonds. The molecule has 2 aromatic carbocycles. The molecule has 2 fully saturated rings. The van der Waals surface area contributed by atoms with Gasteiger partial charge in [0.25, 0.3) is 0 Å². The summed E-state index contributed by atoms with van der Waals surface area (Å²) in [6.45, 7) is 2.21. The topological polar surface area (TPSA) is 135 Å². The number of hydrogen-bond donors (Lipinski definition) is 1. The molecule has 0 bridgehead atoms. The molecule has 1 atom stereocenters. The Labute approximate surface area is 225 Å². The molecule has 2 saturated heterocycles. The van der Waals surface area contributed by atoms with Crippen molar-refractivity contribution in [2.24, 2.45) is 0 Å². The van der Waals surface area contributed by atoms with Gasteiger partial charge in [-0.25, -0.2) is 8.42 Å². The number of benzene rings is 2. The summed E-state index contributed by atoms with van der Waals surface area (Å²) in [5.41, 5.74) is 0.900. The van der Waals surface area contributed by atoms with Gasteiger partial charge in [0.1, 0.15) is 5.92 Å². The van der Waals surface area contributed by atoms with Crippen molar-refractivity contribution in [1.82, 2.24) is 4.90 Å². The van der Waals surface area contributed by atoms with Gasteiger partial charge in [-0.2, -0.15) is 0 Å². The normalized spacial score (nSPS) is 19.0. The van der Waals surface area contributed by atoms with E-state index in [9.17, 15) is 27.6 Å². The molecular weight excluding hydrogens is 534 g/mol. The van der Waals surface area contributed by atoms with E-state index in [0.717, 1.165) is 6.26 Å². The van der Waals surface area contributed by atoms with Crippen LogP contribution < -0.4 is 0 Å². The number of rotatable bonds is 7. The second kappa shape index (κ2) is 10.5. The molecule has 4 rings (SSSR count). The van der Waals surface area contributed by atoms with Crippen LogP contribution in [0.4, 0.5) is 0 Å². The Hall–Kier alpha value is -3.24. The van der Waals surface area contributed by atoms with Crippen LogP contribution in [0.1, 0.15) is 49.1 Å². The van der Waals surface area contributed by atoms with Gasteiger partial charge in [0.05, 0.1) is 4.90 Å². The van der Waals surface area contributed by atoms with E-state index in [2.05, 4.69) is 0 Å². The Bertz CT molecular complexity index is 1430. The molecule has 2 heterocycles. The van der Waals surface area contributed by atoms with Crippen LogP contribution >= 0.6 is 11.6 Å². The molecule has 0 aliphatic carbocycles. The van der Waals surface area contributed by atoms with Crippen molar-refractivity contribution in [3.05, 3.63) is 52.5 Å². The highest BCUT2D eigenvalue weighted by atomic mass is 35.5. The first-order valence-corrected chi connectivity index (χ1v) is 14.5. The lowest BCUT2D eigenvalue weighted by atomic mass is 9.80. The SMILES string of the molecule is Cc1cc(-c2cccc(S(C)(=O)=O)c2)c(Cl)cc1C1C(=O)OC2(CCN(C(=O)CCCC(=O)O)CC2)C1=O. The Morgan fingerprint density at radius 3 is 2.45 bits per heavy atom. The van der Waals surface area contributed by atoms with Crippen LogP contribution in [0.5, 0.6) is 0 Å². The van der Waals surface area contributed by atoms with E-state index in [1.54, 1.807) is 36.1 Å². The maximum Gasteiger partial charge on any atom is 0.322 e. The molecule has 0 radical (unpaired) electrons. The first-order valence-electron chi connectivity index (χ1n) is 12.2. The lowest BCUT2D eigenvalue weighted by molar-refractivity contribution is -0.158. The number of esters is 1. The van der Waals surface area contributed by atoms with Crippen molar-refractivity contribution in [1.29, 1.82) is 0 Å². The van der Waals surface area contributed by atoms with Crippen molar-refractivity contribution in [2.45, 2.75) is 55.4 Å². The summed E-state index contributed by atoms with van der Waals surface area (Å²) < 4.78 is 29.6. The van der Waals surface area contributed by atoms with Crippen LogP contribution in [0, 0.1) is 6.92 Å². The Balaban J connectivity index is 1.53. The molecule has 2 aliphatic heterocycles. The van der Waals surface area contributed by atoms with Gasteiger partial charge in [0.15, 0.2) is 21.2 Å². The second-order valence-corrected chi connectivity index (χ2v) is 12.3. The van der Waals surface area contributed by atoms with Gasteiger partial charge in [-0.05, 0) is 54.3 Å². The van der Waals surface area contributed by atoms with Crippen molar-refractivity contribution in [2.75, 3.05) is 19.3 Å². The van der Waals surface area contributed by atoms with Gasteiger partial charge in [0, 0.05) is 55.6 Å². The molecule has 0 saturated carbocycles. The van der Waals surface area contributed by atoms with Crippen LogP contribution in [0.2, 0.25) is 5.02 Å². The third kappa shape index (κ3) is 5.47. The molecular formula is C27H28ClNO8S. The molecule has 1 N–H and O–H groups in total. The molecule has 202 valence electrons. The summed E-state index contributed by atoms with van der Waals surface area (Å²) in [6, 6.07) is 9.66. The fourth-order valence-electron chi connectivity index (χ4n) is 5.08. The number of ketones is 1. The zero-order valence-corrected chi connectivity index (χ0v) is 22.6. The van der Waals surface area contributed by atoms with Crippen molar-refractivity contribution in [3.8, 4) is 11.1 Å². The number of halogens is 1. The van der Waals surface area contributed by atoms with E-state index in [4.69, 9.17) is 21.4 Å². The minimum atomic E-state index is -3.42. The van der Waals surface area contributed by atoms with Gasteiger partial charge in [0.2, 0.25) is 5.91 Å². The number of hydrogen-bond acceptors (Lipinski definition) is 7. The number of sulfone groups is 1. The summed E-state index contributed by atoms with van der Waals surface area (Å²) in [5.74, 6) is -3.33. The van der Waals surface area contributed by atoms with Gasteiger partial charge in [-0.3, -0.25) is 19.2 Å². The van der Waals surface area contributed by atoms with Crippen LogP contribution in [0.15, 0.2) is 41.3 Å². The minimum Gasteiger partial charge on any atom is -0.481 e. The number of nitrogens with zero attached hydrogens (tertiary/aromatic N) is 1. The average molecular weight is 562 g/mol. The van der Waals surface area contributed by atoms with Crippen LogP contribution in [0.3, 0.4) is 0 Å². The quantitative estimate of drug-likeness (QED) is 0.400. The highest BCUT2D eigenvalue weighted by molar-refractivity contribution is 7.90. The summed E-state index contributed by atoms with van der Waals surface area (Å²) >= 11 is 6.58. The van der Waals surface area contributed by atoms with Crippen molar-refractivity contribution < 1.29 is 37.4 Å². The summed E-state index contributed by atoms with van der Waals surface area (Å²) in [7, 11) is -3.42. The van der Waals surface area contributed by atoms with Gasteiger partial charge >= 0.3 is 11.9 Å².